The molecule has 0 N–H and O–H groups in total. The van der Waals surface area contributed by atoms with Gasteiger partial charge in [0.25, 0.3) is 0 Å². The number of Topliss-reactive ketones (excluding diaryl/α,β-unsaturated/α-hetero) is 4. The van der Waals surface area contributed by atoms with E-state index in [1.807, 2.05) is 0 Å². The number of nitrogens with zero attached hydrogens (tertiary/aromatic N) is 1. The number of rotatable bonds is 7. The summed E-state index contributed by atoms with van der Waals surface area (Å²) in [5.74, 6) is -10.7. The minimum absolute atomic E-state index is 0.00562. The van der Waals surface area contributed by atoms with Crippen LogP contribution in [0, 0.1) is 33.8 Å². The Balaban J connectivity index is 3.02. The smallest absolute Gasteiger partial charge is 0.206 e. The molecule has 118 valence electrons. The maximum absolute atomic E-state index is 12.0. The van der Waals surface area contributed by atoms with E-state index in [1.165, 1.54) is 6.92 Å². The van der Waals surface area contributed by atoms with Crippen LogP contribution < -0.4 is 0 Å². The molecule has 1 aliphatic carbocycles. The van der Waals surface area contributed by atoms with Crippen LogP contribution in [0.2, 0.25) is 0 Å². The maximum atomic E-state index is 12.0. The fraction of sp³-hybridized carbons (Fsp3) is 0.538. The van der Waals surface area contributed by atoms with Gasteiger partial charge in [0.15, 0.2) is 23.1 Å². The SMILES string of the molecule is CC(CC(=O)C1C(=O)C(C=O)C(=O)C(C=O)C1=O)C[N+](=O)[O-]. The highest BCUT2D eigenvalue weighted by Gasteiger charge is 2.51. The lowest BCUT2D eigenvalue weighted by Crippen LogP contribution is -2.52. The molecule has 9 nitrogen and oxygen atoms in total. The summed E-state index contributed by atoms with van der Waals surface area (Å²) < 4.78 is 0. The Morgan fingerprint density at radius 2 is 1.59 bits per heavy atom. The van der Waals surface area contributed by atoms with Crippen LogP contribution in [0.3, 0.4) is 0 Å². The molecule has 0 amide bonds. The fourth-order valence-corrected chi connectivity index (χ4v) is 2.34. The lowest BCUT2D eigenvalue weighted by molar-refractivity contribution is -0.487. The molecule has 0 spiro atoms. The van der Waals surface area contributed by atoms with Gasteiger partial charge in [-0.15, -0.1) is 0 Å². The molecule has 3 unspecified atom stereocenters. The molecule has 3 atom stereocenters. The van der Waals surface area contributed by atoms with E-state index in [-0.39, 0.29) is 12.6 Å². The maximum Gasteiger partial charge on any atom is 0.206 e. The van der Waals surface area contributed by atoms with Crippen molar-refractivity contribution in [2.24, 2.45) is 23.7 Å². The van der Waals surface area contributed by atoms with Crippen molar-refractivity contribution in [3.8, 4) is 0 Å². The quantitative estimate of drug-likeness (QED) is 0.247. The molecule has 9 heteroatoms. The zero-order chi connectivity index (χ0) is 17.0. The van der Waals surface area contributed by atoms with E-state index in [4.69, 9.17) is 0 Å². The van der Waals surface area contributed by atoms with Gasteiger partial charge in [-0.05, 0) is 0 Å². The molecule has 0 aromatic heterocycles. The Morgan fingerprint density at radius 1 is 1.14 bits per heavy atom. The molecule has 22 heavy (non-hydrogen) atoms. The average Bonchev–Trinajstić information content (AvgIpc) is 2.38. The number of hydrogen-bond acceptors (Lipinski definition) is 8. The van der Waals surface area contributed by atoms with Gasteiger partial charge < -0.3 is 9.59 Å². The molecule has 1 aliphatic rings. The number of carbonyl (C=O) groups is 6. The van der Waals surface area contributed by atoms with Gasteiger partial charge in [0.1, 0.15) is 30.3 Å². The lowest BCUT2D eigenvalue weighted by Gasteiger charge is -2.25. The lowest BCUT2D eigenvalue weighted by atomic mass is 9.70. The summed E-state index contributed by atoms with van der Waals surface area (Å²) in [5, 5.41) is 10.4. The molecule has 0 saturated heterocycles. The van der Waals surface area contributed by atoms with E-state index < -0.39 is 64.7 Å². The molecule has 0 radical (unpaired) electrons. The fourth-order valence-electron chi connectivity index (χ4n) is 2.34. The third-order valence-electron chi connectivity index (χ3n) is 3.40. The van der Waals surface area contributed by atoms with E-state index in [9.17, 15) is 38.9 Å². The second-order valence-electron chi connectivity index (χ2n) is 5.16. The number of carbonyl (C=O) groups excluding carboxylic acids is 6. The van der Waals surface area contributed by atoms with Crippen LogP contribution in [0.4, 0.5) is 0 Å². The second-order valence-corrected chi connectivity index (χ2v) is 5.16. The van der Waals surface area contributed by atoms with Crippen LogP contribution in [0.5, 0.6) is 0 Å². The van der Waals surface area contributed by atoms with Crippen molar-refractivity contribution in [1.29, 1.82) is 0 Å². The van der Waals surface area contributed by atoms with Crippen LogP contribution in [0.1, 0.15) is 13.3 Å². The second kappa shape index (κ2) is 6.92. The molecule has 1 rings (SSSR count). The predicted octanol–water partition coefficient (Wildman–Crippen LogP) is -1.17. The average molecular weight is 311 g/mol. The van der Waals surface area contributed by atoms with Gasteiger partial charge in [0.2, 0.25) is 6.54 Å². The van der Waals surface area contributed by atoms with Gasteiger partial charge >= 0.3 is 0 Å². The van der Waals surface area contributed by atoms with Crippen molar-refractivity contribution in [3.63, 3.8) is 0 Å². The third kappa shape index (κ3) is 3.35. The predicted molar refractivity (Wildman–Crippen MR) is 68.3 cm³/mol. The Hall–Kier alpha value is -2.58. The highest BCUT2D eigenvalue weighted by molar-refractivity contribution is 6.38. The summed E-state index contributed by atoms with van der Waals surface area (Å²) in [4.78, 5) is 78.9. The summed E-state index contributed by atoms with van der Waals surface area (Å²) in [6.45, 7) is 0.853. The number of aldehydes is 2. The highest BCUT2D eigenvalue weighted by Crippen LogP contribution is 2.25. The zero-order valence-corrected chi connectivity index (χ0v) is 11.6. The molecule has 1 fully saturated rings. The van der Waals surface area contributed by atoms with Crippen molar-refractivity contribution >= 4 is 35.7 Å². The molecular weight excluding hydrogens is 298 g/mol. The molecule has 0 bridgehead atoms. The van der Waals surface area contributed by atoms with Crippen LogP contribution in [-0.4, -0.2) is 47.2 Å². The summed E-state index contributed by atoms with van der Waals surface area (Å²) in [6, 6.07) is 0. The van der Waals surface area contributed by atoms with Gasteiger partial charge in [-0.1, -0.05) is 6.92 Å². The first kappa shape index (κ1) is 17.5. The number of hydrogen-bond donors (Lipinski definition) is 0. The Morgan fingerprint density at radius 3 is 1.95 bits per heavy atom. The summed E-state index contributed by atoms with van der Waals surface area (Å²) >= 11 is 0. The van der Waals surface area contributed by atoms with Crippen LogP contribution >= 0.6 is 0 Å². The number of nitro groups is 1. The molecule has 1 saturated carbocycles. The van der Waals surface area contributed by atoms with Crippen LogP contribution in [-0.2, 0) is 28.8 Å². The van der Waals surface area contributed by atoms with Crippen molar-refractivity contribution < 1.29 is 33.7 Å². The van der Waals surface area contributed by atoms with Gasteiger partial charge in [-0.2, -0.15) is 0 Å². The summed E-state index contributed by atoms with van der Waals surface area (Å²) in [6.07, 6.45) is -0.447. The number of ketones is 4. The van der Waals surface area contributed by atoms with Crippen LogP contribution in [0.15, 0.2) is 0 Å². The highest BCUT2D eigenvalue weighted by atomic mass is 16.6. The largest absolute Gasteiger partial charge is 0.302 e. The first-order valence-electron chi connectivity index (χ1n) is 6.40. The molecule has 0 heterocycles. The molecular formula is C13H13NO8. The van der Waals surface area contributed by atoms with Crippen molar-refractivity contribution in [1.82, 2.24) is 0 Å². The molecule has 0 aromatic carbocycles. The van der Waals surface area contributed by atoms with Crippen molar-refractivity contribution in [2.45, 2.75) is 13.3 Å². The van der Waals surface area contributed by atoms with Gasteiger partial charge in [0, 0.05) is 17.3 Å². The molecule has 0 aromatic rings. The van der Waals surface area contributed by atoms with E-state index in [2.05, 4.69) is 0 Å². The van der Waals surface area contributed by atoms with Crippen molar-refractivity contribution in [3.05, 3.63) is 10.1 Å². The Labute approximate surface area is 124 Å². The standard InChI is InChI=1S/C13H13NO8/c1-6(3-14(21)22)2-9(17)10-12(19)7(4-15)11(18)8(5-16)13(10)20/h4-8,10H,2-3H2,1H3. The van der Waals surface area contributed by atoms with E-state index in [1.54, 1.807) is 0 Å². The van der Waals surface area contributed by atoms with Gasteiger partial charge in [-0.3, -0.25) is 29.3 Å². The minimum atomic E-state index is -1.89. The summed E-state index contributed by atoms with van der Waals surface area (Å²) in [5.41, 5.74) is 0. The first-order valence-corrected chi connectivity index (χ1v) is 6.40. The van der Waals surface area contributed by atoms with Gasteiger partial charge in [-0.25, -0.2) is 0 Å². The van der Waals surface area contributed by atoms with E-state index in [0.29, 0.717) is 0 Å². The topological polar surface area (TPSA) is 146 Å². The summed E-state index contributed by atoms with van der Waals surface area (Å²) in [7, 11) is 0. The van der Waals surface area contributed by atoms with Crippen LogP contribution in [0.25, 0.3) is 0 Å². The third-order valence-corrected chi connectivity index (χ3v) is 3.40. The van der Waals surface area contributed by atoms with Gasteiger partial charge in [0.05, 0.1) is 0 Å². The van der Waals surface area contributed by atoms with E-state index in [0.717, 1.165) is 0 Å². The molecule has 0 aliphatic heterocycles. The minimum Gasteiger partial charge on any atom is -0.302 e. The first-order chi connectivity index (χ1) is 10.2. The van der Waals surface area contributed by atoms with E-state index >= 15 is 0 Å². The normalized spacial score (nSPS) is 26.4. The monoisotopic (exact) mass is 311 g/mol. The Kier molecular flexibility index (Phi) is 5.50. The Bertz CT molecular complexity index is 536. The van der Waals surface area contributed by atoms with Crippen molar-refractivity contribution in [2.75, 3.05) is 6.54 Å². The zero-order valence-electron chi connectivity index (χ0n) is 11.6.